The molecule has 18 heavy (non-hydrogen) atoms. The van der Waals surface area contributed by atoms with Crippen LogP contribution in [0.2, 0.25) is 0 Å². The number of nitrogens with zero attached hydrogens (tertiary/aromatic N) is 2. The second-order valence-electron chi connectivity index (χ2n) is 3.71. The van der Waals surface area contributed by atoms with Crippen LogP contribution < -0.4 is 0 Å². The standard InChI is InChI=1S/C10H10N2O5S/c1-18(15,16)7-4-11-12(5-7)6-9-8(10(13)14)2-3-17-9/h2-5H,6H2,1H3,(H,13,14). The van der Waals surface area contributed by atoms with E-state index in [1.807, 2.05) is 0 Å². The number of furan rings is 1. The monoisotopic (exact) mass is 270 g/mol. The summed E-state index contributed by atoms with van der Waals surface area (Å²) >= 11 is 0. The first-order chi connectivity index (χ1) is 8.38. The van der Waals surface area contributed by atoms with Gasteiger partial charge < -0.3 is 9.52 Å². The van der Waals surface area contributed by atoms with Gasteiger partial charge in [-0.1, -0.05) is 0 Å². The lowest BCUT2D eigenvalue weighted by molar-refractivity contribution is 0.0694. The predicted octanol–water partition coefficient (Wildman–Crippen LogP) is 0.626. The third kappa shape index (κ3) is 2.43. The minimum absolute atomic E-state index is 0.0337. The maximum absolute atomic E-state index is 11.3. The first-order valence-corrected chi connectivity index (χ1v) is 6.79. The number of hydrogen-bond acceptors (Lipinski definition) is 5. The molecule has 0 aromatic carbocycles. The molecule has 0 fully saturated rings. The maximum Gasteiger partial charge on any atom is 0.339 e. The zero-order chi connectivity index (χ0) is 13.3. The zero-order valence-corrected chi connectivity index (χ0v) is 10.2. The maximum atomic E-state index is 11.3. The molecule has 1 N–H and O–H groups in total. The van der Waals surface area contributed by atoms with E-state index >= 15 is 0 Å². The van der Waals surface area contributed by atoms with Gasteiger partial charge in [0.2, 0.25) is 0 Å². The fraction of sp³-hybridized carbons (Fsp3) is 0.200. The molecule has 0 unspecified atom stereocenters. The van der Waals surface area contributed by atoms with Gasteiger partial charge in [0.15, 0.2) is 9.84 Å². The Labute approximate surface area is 103 Å². The fourth-order valence-corrected chi connectivity index (χ4v) is 1.98. The van der Waals surface area contributed by atoms with Crippen molar-refractivity contribution in [2.24, 2.45) is 0 Å². The van der Waals surface area contributed by atoms with Crippen LogP contribution in [0.1, 0.15) is 16.1 Å². The van der Waals surface area contributed by atoms with E-state index in [0.29, 0.717) is 0 Å². The van der Waals surface area contributed by atoms with Gasteiger partial charge >= 0.3 is 5.97 Å². The molecule has 8 heteroatoms. The van der Waals surface area contributed by atoms with Gasteiger partial charge in [-0.05, 0) is 6.07 Å². The van der Waals surface area contributed by atoms with Crippen molar-refractivity contribution in [1.82, 2.24) is 9.78 Å². The van der Waals surface area contributed by atoms with Gasteiger partial charge in [-0.2, -0.15) is 5.10 Å². The highest BCUT2D eigenvalue weighted by Crippen LogP contribution is 2.13. The summed E-state index contributed by atoms with van der Waals surface area (Å²) in [5.41, 5.74) is 0.0337. The molecule has 2 heterocycles. The van der Waals surface area contributed by atoms with E-state index in [-0.39, 0.29) is 22.8 Å². The molecule has 0 radical (unpaired) electrons. The molecule has 0 aliphatic heterocycles. The number of aromatic carboxylic acids is 1. The van der Waals surface area contributed by atoms with Crippen LogP contribution >= 0.6 is 0 Å². The number of sulfone groups is 1. The molecule has 2 rings (SSSR count). The van der Waals surface area contributed by atoms with Crippen LogP contribution in [0, 0.1) is 0 Å². The largest absolute Gasteiger partial charge is 0.478 e. The Kier molecular flexibility index (Phi) is 2.95. The summed E-state index contributed by atoms with van der Waals surface area (Å²) in [5, 5.41) is 12.7. The third-order valence-corrected chi connectivity index (χ3v) is 3.39. The van der Waals surface area contributed by atoms with E-state index < -0.39 is 15.8 Å². The van der Waals surface area contributed by atoms with Crippen LogP contribution in [0.15, 0.2) is 34.0 Å². The molecule has 0 bridgehead atoms. The lowest BCUT2D eigenvalue weighted by Crippen LogP contribution is -2.05. The Balaban J connectivity index is 2.27. The highest BCUT2D eigenvalue weighted by atomic mass is 32.2. The predicted molar refractivity (Wildman–Crippen MR) is 60.1 cm³/mol. The minimum Gasteiger partial charge on any atom is -0.478 e. The Hall–Kier alpha value is -2.09. The summed E-state index contributed by atoms with van der Waals surface area (Å²) in [6.45, 7) is 0.0597. The molecule has 0 aliphatic rings. The lowest BCUT2D eigenvalue weighted by atomic mass is 10.2. The summed E-state index contributed by atoms with van der Waals surface area (Å²) in [5.74, 6) is -0.889. The molecular weight excluding hydrogens is 260 g/mol. The summed E-state index contributed by atoms with van der Waals surface area (Å²) in [4.78, 5) is 10.9. The van der Waals surface area contributed by atoms with Crippen LogP contribution in [0.25, 0.3) is 0 Å². The summed E-state index contributed by atoms with van der Waals surface area (Å²) < 4.78 is 28.8. The third-order valence-electron chi connectivity index (χ3n) is 2.32. The molecule has 0 amide bonds. The summed E-state index contributed by atoms with van der Waals surface area (Å²) in [6, 6.07) is 1.33. The van der Waals surface area contributed by atoms with Gasteiger partial charge in [0, 0.05) is 12.5 Å². The van der Waals surface area contributed by atoms with Crippen LogP contribution in [0.4, 0.5) is 0 Å². The zero-order valence-electron chi connectivity index (χ0n) is 9.40. The highest BCUT2D eigenvalue weighted by molar-refractivity contribution is 7.90. The average molecular weight is 270 g/mol. The number of aromatic nitrogens is 2. The number of carbonyl (C=O) groups is 1. The molecule has 0 saturated heterocycles. The Morgan fingerprint density at radius 2 is 2.28 bits per heavy atom. The molecule has 2 aromatic heterocycles. The van der Waals surface area contributed by atoms with Crippen LogP contribution in [0.5, 0.6) is 0 Å². The van der Waals surface area contributed by atoms with E-state index in [1.54, 1.807) is 0 Å². The van der Waals surface area contributed by atoms with E-state index in [9.17, 15) is 13.2 Å². The van der Waals surface area contributed by atoms with Gasteiger partial charge in [-0.25, -0.2) is 13.2 Å². The van der Waals surface area contributed by atoms with E-state index in [4.69, 9.17) is 9.52 Å². The van der Waals surface area contributed by atoms with Crippen molar-refractivity contribution in [3.05, 3.63) is 36.0 Å². The minimum atomic E-state index is -3.32. The number of carboxylic acids is 1. The topological polar surface area (TPSA) is 102 Å². The Bertz CT molecular complexity index is 683. The van der Waals surface area contributed by atoms with Crippen molar-refractivity contribution in [3.8, 4) is 0 Å². The normalized spacial score (nSPS) is 11.6. The highest BCUT2D eigenvalue weighted by Gasteiger charge is 2.15. The lowest BCUT2D eigenvalue weighted by Gasteiger charge is -1.99. The molecule has 7 nitrogen and oxygen atoms in total. The first-order valence-electron chi connectivity index (χ1n) is 4.90. The molecule has 0 saturated carbocycles. The van der Waals surface area contributed by atoms with E-state index in [0.717, 1.165) is 6.26 Å². The Morgan fingerprint density at radius 1 is 1.56 bits per heavy atom. The first kappa shape index (κ1) is 12.4. The quantitative estimate of drug-likeness (QED) is 0.873. The van der Waals surface area contributed by atoms with Gasteiger partial charge in [-0.15, -0.1) is 0 Å². The van der Waals surface area contributed by atoms with Crippen molar-refractivity contribution in [3.63, 3.8) is 0 Å². The van der Waals surface area contributed by atoms with Crippen molar-refractivity contribution < 1.29 is 22.7 Å². The number of carboxylic acid groups (broad SMARTS) is 1. The second-order valence-corrected chi connectivity index (χ2v) is 5.72. The SMILES string of the molecule is CS(=O)(=O)c1cnn(Cc2occc2C(=O)O)c1. The summed E-state index contributed by atoms with van der Waals surface area (Å²) in [6.07, 6.45) is 4.87. The van der Waals surface area contributed by atoms with E-state index in [2.05, 4.69) is 5.10 Å². The summed E-state index contributed by atoms with van der Waals surface area (Å²) in [7, 11) is -3.32. The van der Waals surface area contributed by atoms with Crippen molar-refractivity contribution in [2.75, 3.05) is 6.26 Å². The van der Waals surface area contributed by atoms with Gasteiger partial charge in [-0.3, -0.25) is 4.68 Å². The van der Waals surface area contributed by atoms with E-state index in [1.165, 1.54) is 29.4 Å². The van der Waals surface area contributed by atoms with Crippen LogP contribution in [-0.4, -0.2) is 35.5 Å². The molecular formula is C10H10N2O5S. The van der Waals surface area contributed by atoms with Crippen molar-refractivity contribution >= 4 is 15.8 Å². The van der Waals surface area contributed by atoms with Crippen LogP contribution in [0.3, 0.4) is 0 Å². The molecule has 0 spiro atoms. The molecule has 96 valence electrons. The van der Waals surface area contributed by atoms with Crippen LogP contribution in [-0.2, 0) is 16.4 Å². The smallest absolute Gasteiger partial charge is 0.339 e. The Morgan fingerprint density at radius 3 is 2.83 bits per heavy atom. The van der Waals surface area contributed by atoms with Crippen molar-refractivity contribution in [2.45, 2.75) is 11.4 Å². The number of hydrogen-bond donors (Lipinski definition) is 1. The molecule has 2 aromatic rings. The van der Waals surface area contributed by atoms with Crippen molar-refractivity contribution in [1.29, 1.82) is 0 Å². The average Bonchev–Trinajstić information content (AvgIpc) is 2.85. The van der Waals surface area contributed by atoms with Gasteiger partial charge in [0.25, 0.3) is 0 Å². The second kappa shape index (κ2) is 4.30. The van der Waals surface area contributed by atoms with Gasteiger partial charge in [0.1, 0.15) is 16.2 Å². The molecule has 0 aliphatic carbocycles. The fourth-order valence-electron chi connectivity index (χ4n) is 1.42. The number of rotatable bonds is 4. The molecule has 0 atom stereocenters. The van der Waals surface area contributed by atoms with Gasteiger partial charge in [0.05, 0.1) is 19.0 Å².